The van der Waals surface area contributed by atoms with Crippen molar-refractivity contribution in [1.82, 2.24) is 4.57 Å². The minimum absolute atomic E-state index is 0.0629. The molecule has 0 amide bonds. The summed E-state index contributed by atoms with van der Waals surface area (Å²) in [7, 11) is 0. The summed E-state index contributed by atoms with van der Waals surface area (Å²) in [6, 6.07) is 3.52. The molecule has 2 N–H and O–H groups in total. The van der Waals surface area contributed by atoms with Crippen molar-refractivity contribution in [2.45, 2.75) is 13.5 Å². The van der Waals surface area contributed by atoms with E-state index in [1.54, 1.807) is 19.1 Å². The largest absolute Gasteiger partial charge is 0.403 e. The van der Waals surface area contributed by atoms with E-state index in [0.29, 0.717) is 15.7 Å². The Hall–Kier alpha value is -2.05. The maximum Gasteiger partial charge on any atom is 0.270 e. The van der Waals surface area contributed by atoms with Crippen molar-refractivity contribution in [3.63, 3.8) is 0 Å². The monoisotopic (exact) mass is 220 g/mol. The highest BCUT2D eigenvalue weighted by Gasteiger charge is 2.06. The van der Waals surface area contributed by atoms with E-state index in [1.807, 2.05) is 0 Å². The van der Waals surface area contributed by atoms with Crippen LogP contribution in [0, 0.1) is 22.7 Å². The van der Waals surface area contributed by atoms with Crippen LogP contribution in [0.3, 0.4) is 0 Å². The van der Waals surface area contributed by atoms with Crippen LogP contribution in [0.2, 0.25) is 0 Å². The second-order valence-corrected chi connectivity index (χ2v) is 3.62. The molecular formula is C9H8N4OS. The molecule has 0 spiro atoms. The molecule has 0 aliphatic carbocycles. The molecule has 0 aliphatic rings. The van der Waals surface area contributed by atoms with Crippen molar-refractivity contribution in [2.75, 3.05) is 0 Å². The summed E-state index contributed by atoms with van der Waals surface area (Å²) >= 11 is 1.06. The Morgan fingerprint density at radius 3 is 2.60 bits per heavy atom. The predicted octanol–water partition coefficient (Wildman–Crippen LogP) is -1.18. The minimum atomic E-state index is -0.261. The minimum Gasteiger partial charge on any atom is -0.403 e. The molecule has 0 aliphatic heterocycles. The van der Waals surface area contributed by atoms with E-state index >= 15 is 0 Å². The Bertz CT molecular complexity index is 607. The first-order chi connectivity index (χ1) is 7.19. The first-order valence-corrected chi connectivity index (χ1v) is 4.97. The van der Waals surface area contributed by atoms with E-state index in [4.69, 9.17) is 16.3 Å². The van der Waals surface area contributed by atoms with Crippen LogP contribution in [0.15, 0.2) is 4.79 Å². The van der Waals surface area contributed by atoms with Crippen LogP contribution in [-0.2, 0) is 6.54 Å². The highest BCUT2D eigenvalue weighted by atomic mass is 32.1. The molecule has 15 heavy (non-hydrogen) atoms. The van der Waals surface area contributed by atoms with Crippen molar-refractivity contribution in [1.29, 1.82) is 10.5 Å². The SMILES string of the molecule is CCn1c(=C(C#N)C#N)sc(=CN)c1=O. The number of nitrogens with two attached hydrogens (primary N) is 1. The molecule has 76 valence electrons. The zero-order chi connectivity index (χ0) is 11.4. The quantitative estimate of drug-likeness (QED) is 0.644. The maximum atomic E-state index is 11.6. The van der Waals surface area contributed by atoms with E-state index in [2.05, 4.69) is 0 Å². The third-order valence-electron chi connectivity index (χ3n) is 1.81. The summed E-state index contributed by atoms with van der Waals surface area (Å²) in [6.45, 7) is 2.18. The summed E-state index contributed by atoms with van der Waals surface area (Å²) in [5, 5.41) is 17.4. The highest BCUT2D eigenvalue weighted by Crippen LogP contribution is 1.88. The summed E-state index contributed by atoms with van der Waals surface area (Å²) in [5.41, 5.74) is 4.94. The number of thiazole rings is 1. The van der Waals surface area contributed by atoms with Crippen LogP contribution in [0.4, 0.5) is 0 Å². The molecule has 1 aromatic heterocycles. The second-order valence-electron chi connectivity index (χ2n) is 2.59. The molecule has 1 rings (SSSR count). The number of rotatable bonds is 1. The van der Waals surface area contributed by atoms with Gasteiger partial charge in [0.25, 0.3) is 5.56 Å². The Balaban J connectivity index is 3.92. The maximum absolute atomic E-state index is 11.6. The topological polar surface area (TPSA) is 95.6 Å². The molecular weight excluding hydrogens is 212 g/mol. The molecule has 1 aromatic rings. The molecule has 0 aromatic carbocycles. The fourth-order valence-electron chi connectivity index (χ4n) is 1.13. The van der Waals surface area contributed by atoms with Gasteiger partial charge in [-0.1, -0.05) is 0 Å². The third kappa shape index (κ3) is 1.76. The Kier molecular flexibility index (Phi) is 3.27. The number of hydrogen-bond donors (Lipinski definition) is 1. The fourth-order valence-corrected chi connectivity index (χ4v) is 2.12. The van der Waals surface area contributed by atoms with E-state index in [9.17, 15) is 4.79 Å². The van der Waals surface area contributed by atoms with Crippen LogP contribution in [0.1, 0.15) is 6.92 Å². The number of hydrogen-bond acceptors (Lipinski definition) is 5. The third-order valence-corrected chi connectivity index (χ3v) is 2.96. The summed E-state index contributed by atoms with van der Waals surface area (Å²) in [5.74, 6) is 0. The van der Waals surface area contributed by atoms with Gasteiger partial charge in [0, 0.05) is 12.7 Å². The van der Waals surface area contributed by atoms with Gasteiger partial charge in [-0.15, -0.1) is 11.3 Å². The van der Waals surface area contributed by atoms with Crippen molar-refractivity contribution >= 4 is 23.1 Å². The van der Waals surface area contributed by atoms with Gasteiger partial charge in [-0.3, -0.25) is 9.36 Å². The van der Waals surface area contributed by atoms with Crippen LogP contribution in [-0.4, -0.2) is 4.57 Å². The van der Waals surface area contributed by atoms with Gasteiger partial charge >= 0.3 is 0 Å². The number of aromatic nitrogens is 1. The first-order valence-electron chi connectivity index (χ1n) is 4.15. The number of nitriles is 2. The van der Waals surface area contributed by atoms with Crippen molar-refractivity contribution in [2.24, 2.45) is 5.73 Å². The van der Waals surface area contributed by atoms with Crippen LogP contribution in [0.5, 0.6) is 0 Å². The Morgan fingerprint density at radius 1 is 1.60 bits per heavy atom. The smallest absolute Gasteiger partial charge is 0.270 e. The van der Waals surface area contributed by atoms with Gasteiger partial charge in [-0.25, -0.2) is 0 Å². The van der Waals surface area contributed by atoms with Crippen molar-refractivity contribution in [3.8, 4) is 12.1 Å². The normalized spacial score (nSPS) is 10.7. The van der Waals surface area contributed by atoms with E-state index in [0.717, 1.165) is 11.3 Å². The lowest BCUT2D eigenvalue weighted by atomic mass is 10.4. The lowest BCUT2D eigenvalue weighted by Crippen LogP contribution is -2.31. The van der Waals surface area contributed by atoms with E-state index < -0.39 is 0 Å². The molecule has 0 fully saturated rings. The lowest BCUT2D eigenvalue weighted by Gasteiger charge is -1.93. The highest BCUT2D eigenvalue weighted by molar-refractivity contribution is 7.07. The summed E-state index contributed by atoms with van der Waals surface area (Å²) < 4.78 is 2.07. The molecule has 6 heteroatoms. The predicted molar refractivity (Wildman–Crippen MR) is 56.8 cm³/mol. The molecule has 1 heterocycles. The van der Waals surface area contributed by atoms with Gasteiger partial charge in [-0.2, -0.15) is 10.5 Å². The molecule has 0 saturated carbocycles. The lowest BCUT2D eigenvalue weighted by molar-refractivity contribution is 0.722. The van der Waals surface area contributed by atoms with Gasteiger partial charge in [0.15, 0.2) is 5.57 Å². The van der Waals surface area contributed by atoms with E-state index in [-0.39, 0.29) is 11.1 Å². The average molecular weight is 220 g/mol. The standard InChI is InChI=1S/C9H8N4OS/c1-2-13-8(14)7(5-12)15-9(13)6(3-10)4-11/h5H,2,12H2,1H3. The van der Waals surface area contributed by atoms with Gasteiger partial charge in [-0.05, 0) is 6.92 Å². The van der Waals surface area contributed by atoms with Gasteiger partial charge in [0.1, 0.15) is 21.3 Å². The zero-order valence-corrected chi connectivity index (χ0v) is 8.84. The Morgan fingerprint density at radius 2 is 2.20 bits per heavy atom. The summed E-state index contributed by atoms with van der Waals surface area (Å²) in [4.78, 5) is 11.6. The molecule has 0 saturated heterocycles. The second kappa shape index (κ2) is 4.45. The van der Waals surface area contributed by atoms with Crippen LogP contribution in [0.25, 0.3) is 11.8 Å². The average Bonchev–Trinajstić information content (AvgIpc) is 2.57. The van der Waals surface area contributed by atoms with Crippen molar-refractivity contribution in [3.05, 3.63) is 19.5 Å². The Labute approximate surface area is 89.6 Å². The first kappa shape index (κ1) is 11.0. The van der Waals surface area contributed by atoms with E-state index in [1.165, 1.54) is 10.8 Å². The van der Waals surface area contributed by atoms with Gasteiger partial charge in [0.2, 0.25) is 0 Å². The summed E-state index contributed by atoms with van der Waals surface area (Å²) in [6.07, 6.45) is 1.19. The van der Waals surface area contributed by atoms with Gasteiger partial charge in [0.05, 0.1) is 0 Å². The zero-order valence-electron chi connectivity index (χ0n) is 8.02. The molecule has 0 radical (unpaired) electrons. The fraction of sp³-hybridized carbons (Fsp3) is 0.222. The van der Waals surface area contributed by atoms with Crippen molar-refractivity contribution < 1.29 is 0 Å². The molecule has 5 nitrogen and oxygen atoms in total. The molecule has 0 bridgehead atoms. The van der Waals surface area contributed by atoms with Crippen LogP contribution < -0.4 is 20.5 Å². The molecule has 0 atom stereocenters. The van der Waals surface area contributed by atoms with Gasteiger partial charge < -0.3 is 5.73 Å². The molecule has 0 unspecified atom stereocenters. The van der Waals surface area contributed by atoms with Crippen LogP contribution >= 0.6 is 11.3 Å². The number of nitrogens with zero attached hydrogens (tertiary/aromatic N) is 3.